The Morgan fingerprint density at radius 2 is 1.68 bits per heavy atom. The van der Waals surface area contributed by atoms with Crippen molar-refractivity contribution >= 4 is 17.5 Å². The van der Waals surface area contributed by atoms with Gasteiger partial charge in [0.2, 0.25) is 5.91 Å². The van der Waals surface area contributed by atoms with Gasteiger partial charge in [-0.05, 0) is 24.3 Å². The lowest BCUT2D eigenvalue weighted by molar-refractivity contribution is -0.133. The van der Waals surface area contributed by atoms with Gasteiger partial charge in [-0.15, -0.1) is 0 Å². The van der Waals surface area contributed by atoms with E-state index in [-0.39, 0.29) is 25.0 Å². The number of carbonyl (C=O) groups excluding carboxylic acids is 2. The van der Waals surface area contributed by atoms with Crippen molar-refractivity contribution in [3.8, 4) is 11.5 Å². The fraction of sp³-hybridized carbons (Fsp3) is 0.333. The fourth-order valence-corrected chi connectivity index (χ4v) is 3.02. The van der Waals surface area contributed by atoms with Crippen LogP contribution >= 0.6 is 0 Å². The minimum Gasteiger partial charge on any atom is -0.497 e. The maximum Gasteiger partial charge on any atom is 0.258 e. The Balaban J connectivity index is 1.39. The highest BCUT2D eigenvalue weighted by atomic mass is 16.5. The van der Waals surface area contributed by atoms with Gasteiger partial charge in [-0.1, -0.05) is 24.3 Å². The third kappa shape index (κ3) is 5.39. The highest BCUT2D eigenvalue weighted by Crippen LogP contribution is 2.22. The molecule has 1 aliphatic heterocycles. The van der Waals surface area contributed by atoms with Crippen molar-refractivity contribution < 1.29 is 19.1 Å². The van der Waals surface area contributed by atoms with E-state index in [0.717, 1.165) is 24.5 Å². The molecule has 2 aromatic carbocycles. The number of anilines is 1. The molecular weight excluding hydrogens is 358 g/mol. The number of carbonyl (C=O) groups is 2. The van der Waals surface area contributed by atoms with Gasteiger partial charge >= 0.3 is 0 Å². The van der Waals surface area contributed by atoms with Crippen molar-refractivity contribution in [3.63, 3.8) is 0 Å². The highest BCUT2D eigenvalue weighted by molar-refractivity contribution is 5.85. The van der Waals surface area contributed by atoms with Crippen LogP contribution in [0.1, 0.15) is 0 Å². The summed E-state index contributed by atoms with van der Waals surface area (Å²) in [6.07, 6.45) is 0. The van der Waals surface area contributed by atoms with Crippen molar-refractivity contribution in [1.29, 1.82) is 0 Å². The molecule has 1 fully saturated rings. The van der Waals surface area contributed by atoms with Crippen LogP contribution in [0.15, 0.2) is 54.6 Å². The molecule has 3 rings (SSSR count). The van der Waals surface area contributed by atoms with Crippen molar-refractivity contribution in [1.82, 2.24) is 10.2 Å². The van der Waals surface area contributed by atoms with Crippen LogP contribution in [0, 0.1) is 0 Å². The van der Waals surface area contributed by atoms with Gasteiger partial charge in [0.05, 0.1) is 13.7 Å². The number of nitrogens with one attached hydrogen (secondary N) is 1. The molecule has 0 saturated carbocycles. The number of para-hydroxylation sites is 1. The zero-order valence-electron chi connectivity index (χ0n) is 16.0. The van der Waals surface area contributed by atoms with E-state index in [2.05, 4.69) is 10.2 Å². The van der Waals surface area contributed by atoms with Gasteiger partial charge in [-0.2, -0.15) is 0 Å². The van der Waals surface area contributed by atoms with Crippen molar-refractivity contribution in [2.75, 3.05) is 51.3 Å². The van der Waals surface area contributed by atoms with Gasteiger partial charge in [0.15, 0.2) is 6.61 Å². The zero-order valence-corrected chi connectivity index (χ0v) is 16.0. The Labute approximate surface area is 164 Å². The molecule has 0 unspecified atom stereocenters. The molecule has 2 aromatic rings. The maximum absolute atomic E-state index is 12.4. The molecule has 0 spiro atoms. The summed E-state index contributed by atoms with van der Waals surface area (Å²) in [5.74, 6) is 1.04. The van der Waals surface area contributed by atoms with Gasteiger partial charge in [-0.3, -0.25) is 9.59 Å². The summed E-state index contributed by atoms with van der Waals surface area (Å²) in [5, 5.41) is 2.62. The number of ether oxygens (including phenoxy) is 2. The van der Waals surface area contributed by atoms with Gasteiger partial charge in [0, 0.05) is 37.9 Å². The van der Waals surface area contributed by atoms with Crippen molar-refractivity contribution in [3.05, 3.63) is 54.6 Å². The summed E-state index contributed by atoms with van der Waals surface area (Å²) in [6, 6.07) is 17.0. The van der Waals surface area contributed by atoms with Crippen LogP contribution in [0.5, 0.6) is 11.5 Å². The van der Waals surface area contributed by atoms with E-state index in [9.17, 15) is 9.59 Å². The highest BCUT2D eigenvalue weighted by Gasteiger charge is 2.21. The SMILES string of the molecule is COc1cccc(N2CCN(C(=O)CNC(=O)COc3ccccc3)CC2)c1. The molecule has 7 heteroatoms. The molecule has 1 heterocycles. The largest absolute Gasteiger partial charge is 0.497 e. The van der Waals surface area contributed by atoms with Crippen LogP contribution in [0.3, 0.4) is 0 Å². The van der Waals surface area contributed by atoms with Crippen molar-refractivity contribution in [2.45, 2.75) is 0 Å². The molecule has 0 bridgehead atoms. The summed E-state index contributed by atoms with van der Waals surface area (Å²) in [6.45, 7) is 2.59. The van der Waals surface area contributed by atoms with E-state index in [0.29, 0.717) is 18.8 Å². The lowest BCUT2D eigenvalue weighted by Crippen LogP contribution is -2.51. The summed E-state index contributed by atoms with van der Waals surface area (Å²) in [7, 11) is 1.65. The summed E-state index contributed by atoms with van der Waals surface area (Å²) in [5.41, 5.74) is 1.08. The molecule has 1 saturated heterocycles. The summed E-state index contributed by atoms with van der Waals surface area (Å²) >= 11 is 0. The summed E-state index contributed by atoms with van der Waals surface area (Å²) in [4.78, 5) is 28.2. The van der Waals surface area contributed by atoms with Crippen LogP contribution in [0.25, 0.3) is 0 Å². The van der Waals surface area contributed by atoms with E-state index in [4.69, 9.17) is 9.47 Å². The molecular formula is C21H25N3O4. The Hall–Kier alpha value is -3.22. The smallest absolute Gasteiger partial charge is 0.258 e. The normalized spacial score (nSPS) is 13.8. The molecule has 1 N–H and O–H groups in total. The molecule has 0 aromatic heterocycles. The Bertz CT molecular complexity index is 789. The molecule has 148 valence electrons. The summed E-state index contributed by atoms with van der Waals surface area (Å²) < 4.78 is 10.6. The average Bonchev–Trinajstić information content (AvgIpc) is 2.77. The second kappa shape index (κ2) is 9.64. The minimum atomic E-state index is -0.313. The number of benzene rings is 2. The lowest BCUT2D eigenvalue weighted by atomic mass is 10.2. The fourth-order valence-electron chi connectivity index (χ4n) is 3.02. The molecule has 28 heavy (non-hydrogen) atoms. The number of methoxy groups -OCH3 is 1. The predicted octanol–water partition coefficient (Wildman–Crippen LogP) is 1.54. The number of hydrogen-bond acceptors (Lipinski definition) is 5. The molecule has 0 aliphatic carbocycles. The second-order valence-corrected chi connectivity index (χ2v) is 6.45. The molecule has 1 aliphatic rings. The third-order valence-corrected chi connectivity index (χ3v) is 4.60. The first kappa shape index (κ1) is 19.5. The second-order valence-electron chi connectivity index (χ2n) is 6.45. The number of piperazine rings is 1. The Morgan fingerprint density at radius 1 is 0.964 bits per heavy atom. The number of nitrogens with zero attached hydrogens (tertiary/aromatic N) is 2. The first-order chi connectivity index (χ1) is 13.7. The average molecular weight is 383 g/mol. The van der Waals surface area contributed by atoms with E-state index >= 15 is 0 Å². The molecule has 0 radical (unpaired) electrons. The van der Waals surface area contributed by atoms with Crippen molar-refractivity contribution in [2.24, 2.45) is 0 Å². The van der Waals surface area contributed by atoms with Gasteiger partial charge < -0.3 is 24.6 Å². The first-order valence-corrected chi connectivity index (χ1v) is 9.27. The zero-order chi connectivity index (χ0) is 19.8. The number of rotatable bonds is 7. The van der Waals surface area contributed by atoms with Gasteiger partial charge in [-0.25, -0.2) is 0 Å². The maximum atomic E-state index is 12.4. The topological polar surface area (TPSA) is 71.1 Å². The molecule has 2 amide bonds. The predicted molar refractivity (Wildman–Crippen MR) is 107 cm³/mol. The number of amides is 2. The lowest BCUT2D eigenvalue weighted by Gasteiger charge is -2.36. The van der Waals surface area contributed by atoms with E-state index in [1.807, 2.05) is 42.5 Å². The first-order valence-electron chi connectivity index (χ1n) is 9.27. The third-order valence-electron chi connectivity index (χ3n) is 4.60. The van der Waals surface area contributed by atoms with Crippen LogP contribution in [-0.4, -0.2) is 63.2 Å². The van der Waals surface area contributed by atoms with E-state index < -0.39 is 0 Å². The number of hydrogen-bond donors (Lipinski definition) is 1. The quantitative estimate of drug-likeness (QED) is 0.785. The van der Waals surface area contributed by atoms with Crippen LogP contribution in [0.2, 0.25) is 0 Å². The van der Waals surface area contributed by atoms with E-state index in [1.54, 1.807) is 24.1 Å². The monoisotopic (exact) mass is 383 g/mol. The van der Waals surface area contributed by atoms with Gasteiger partial charge in [0.25, 0.3) is 5.91 Å². The van der Waals surface area contributed by atoms with Crippen LogP contribution < -0.4 is 19.7 Å². The molecule has 7 nitrogen and oxygen atoms in total. The van der Waals surface area contributed by atoms with Crippen LogP contribution in [-0.2, 0) is 9.59 Å². The van der Waals surface area contributed by atoms with Gasteiger partial charge in [0.1, 0.15) is 11.5 Å². The Morgan fingerprint density at radius 3 is 2.39 bits per heavy atom. The minimum absolute atomic E-state index is 0.0177. The van der Waals surface area contributed by atoms with E-state index in [1.165, 1.54) is 0 Å². The van der Waals surface area contributed by atoms with Crippen LogP contribution in [0.4, 0.5) is 5.69 Å². The Kier molecular flexibility index (Phi) is 6.73. The standard InChI is InChI=1S/C21H25N3O4/c1-27-19-9-5-6-17(14-19)23-10-12-24(13-11-23)21(26)15-22-20(25)16-28-18-7-3-2-4-8-18/h2-9,14H,10-13,15-16H2,1H3,(H,22,25). The molecule has 0 atom stereocenters.